The maximum Gasteiger partial charge on any atom is 0.131 e. The average Bonchev–Trinajstić information content (AvgIpc) is 2.76. The first-order valence-electron chi connectivity index (χ1n) is 9.59. The molecule has 0 heterocycles. The predicted molar refractivity (Wildman–Crippen MR) is 124 cm³/mol. The van der Waals surface area contributed by atoms with E-state index in [0.717, 1.165) is 22.9 Å². The van der Waals surface area contributed by atoms with E-state index in [-0.39, 0.29) is 17.6 Å². The van der Waals surface area contributed by atoms with Gasteiger partial charge in [0, 0.05) is 22.3 Å². The molecule has 6 heteroatoms. The summed E-state index contributed by atoms with van der Waals surface area (Å²) >= 11 is 0. The van der Waals surface area contributed by atoms with E-state index in [2.05, 4.69) is 6.58 Å². The Morgan fingerprint density at radius 2 is 1.43 bits per heavy atom. The Bertz CT molecular complexity index is 1010. The van der Waals surface area contributed by atoms with Gasteiger partial charge in [0.1, 0.15) is 23.1 Å². The van der Waals surface area contributed by atoms with Crippen molar-refractivity contribution in [1.82, 2.24) is 0 Å². The van der Waals surface area contributed by atoms with Crippen LogP contribution in [0.15, 0.2) is 79.1 Å². The van der Waals surface area contributed by atoms with Crippen molar-refractivity contribution in [1.29, 1.82) is 0 Å². The van der Waals surface area contributed by atoms with Crippen molar-refractivity contribution in [2.24, 2.45) is 0 Å². The highest BCUT2D eigenvalue weighted by Crippen LogP contribution is 2.48. The Hall–Kier alpha value is -2.28. The zero-order valence-corrected chi connectivity index (χ0v) is 18.9. The lowest BCUT2D eigenvalue weighted by Gasteiger charge is -2.29. The van der Waals surface area contributed by atoms with Gasteiger partial charge in [0.25, 0.3) is 0 Å². The summed E-state index contributed by atoms with van der Waals surface area (Å²) in [5.41, 5.74) is 2.41. The highest BCUT2D eigenvalue weighted by molar-refractivity contribution is 7.36. The summed E-state index contributed by atoms with van der Waals surface area (Å²) in [5.74, 6) is 2.02. The lowest BCUT2D eigenvalue weighted by Crippen LogP contribution is -2.16. The van der Waals surface area contributed by atoms with Crippen LogP contribution in [0.1, 0.15) is 25.8 Å². The van der Waals surface area contributed by atoms with Crippen molar-refractivity contribution in [3.8, 4) is 22.6 Å². The summed E-state index contributed by atoms with van der Waals surface area (Å²) in [4.78, 5) is 0. The molecule has 0 aliphatic rings. The SMILES string of the molecule is C=CPOc1ccccc1-c1ccccc1OPC(C)(CC)c1cc(F)cc(F)c1. The summed E-state index contributed by atoms with van der Waals surface area (Å²) in [6.45, 7) is 7.67. The van der Waals surface area contributed by atoms with Crippen LogP contribution in [0.3, 0.4) is 0 Å². The molecule has 3 aromatic carbocycles. The Morgan fingerprint density at radius 1 is 0.900 bits per heavy atom. The molecular weight excluding hydrogens is 420 g/mol. The maximum absolute atomic E-state index is 13.8. The maximum atomic E-state index is 13.8. The Balaban J connectivity index is 1.91. The molecule has 0 saturated heterocycles. The molecule has 0 radical (unpaired) electrons. The average molecular weight is 444 g/mol. The first kappa shape index (κ1) is 22.4. The predicted octanol–water partition coefficient (Wildman–Crippen LogP) is 8.05. The van der Waals surface area contributed by atoms with Gasteiger partial charge in [0.2, 0.25) is 0 Å². The zero-order valence-electron chi connectivity index (χ0n) is 16.9. The summed E-state index contributed by atoms with van der Waals surface area (Å²) < 4.78 is 39.7. The van der Waals surface area contributed by atoms with Gasteiger partial charge in [-0.05, 0) is 49.0 Å². The van der Waals surface area contributed by atoms with Crippen LogP contribution in [0.5, 0.6) is 11.5 Å². The quantitative estimate of drug-likeness (QED) is 0.311. The van der Waals surface area contributed by atoms with Crippen LogP contribution in [0, 0.1) is 11.6 Å². The summed E-state index contributed by atoms with van der Waals surface area (Å²) in [6, 6.07) is 19.1. The fourth-order valence-corrected chi connectivity index (χ4v) is 4.34. The van der Waals surface area contributed by atoms with Crippen molar-refractivity contribution in [2.45, 2.75) is 25.4 Å². The van der Waals surface area contributed by atoms with E-state index in [1.54, 1.807) is 5.82 Å². The fourth-order valence-electron chi connectivity index (χ4n) is 3.04. The minimum Gasteiger partial charge on any atom is -0.476 e. The van der Waals surface area contributed by atoms with E-state index in [4.69, 9.17) is 9.05 Å². The molecule has 0 saturated carbocycles. The molecule has 0 spiro atoms. The van der Waals surface area contributed by atoms with Gasteiger partial charge in [0.05, 0.1) is 17.6 Å². The Morgan fingerprint density at radius 3 is 1.97 bits per heavy atom. The first-order chi connectivity index (χ1) is 14.5. The van der Waals surface area contributed by atoms with Crippen LogP contribution in [-0.4, -0.2) is 0 Å². The standard InChI is InChI=1S/C24H24F2O2P2/c1-4-24(3,17-14-18(25)16-19(26)15-17)30-28-23-13-9-7-11-21(23)20-10-6-8-12-22(20)27-29-5-2/h5-16,29-30H,2,4H2,1,3H3. The van der Waals surface area contributed by atoms with Crippen LogP contribution in [0.4, 0.5) is 8.78 Å². The topological polar surface area (TPSA) is 18.5 Å². The van der Waals surface area contributed by atoms with E-state index in [1.165, 1.54) is 12.1 Å². The third-order valence-corrected chi connectivity index (χ3v) is 6.83. The molecule has 0 amide bonds. The second-order valence-corrected chi connectivity index (χ2v) is 9.32. The summed E-state index contributed by atoms with van der Waals surface area (Å²) in [5, 5.41) is -0.518. The van der Waals surface area contributed by atoms with Gasteiger partial charge >= 0.3 is 0 Å². The molecule has 0 N–H and O–H groups in total. The molecule has 0 aliphatic carbocycles. The van der Waals surface area contributed by atoms with Crippen LogP contribution in [0.25, 0.3) is 11.1 Å². The monoisotopic (exact) mass is 444 g/mol. The third kappa shape index (κ3) is 5.25. The smallest absolute Gasteiger partial charge is 0.131 e. The number of hydrogen-bond donors (Lipinski definition) is 0. The van der Waals surface area contributed by atoms with Gasteiger partial charge in [-0.2, -0.15) is 0 Å². The molecular formula is C24H24F2O2P2. The second-order valence-electron chi connectivity index (χ2n) is 6.96. The van der Waals surface area contributed by atoms with Crippen molar-refractivity contribution in [3.05, 3.63) is 96.3 Å². The van der Waals surface area contributed by atoms with Crippen LogP contribution >= 0.6 is 17.6 Å². The lowest BCUT2D eigenvalue weighted by molar-refractivity contribution is 0.541. The van der Waals surface area contributed by atoms with E-state index in [1.807, 2.05) is 62.4 Å². The minimum atomic E-state index is -0.580. The molecule has 0 aromatic heterocycles. The molecule has 0 bridgehead atoms. The third-order valence-electron chi connectivity index (χ3n) is 4.91. The molecule has 3 rings (SSSR count). The van der Waals surface area contributed by atoms with Crippen molar-refractivity contribution >= 4 is 17.6 Å². The number of benzene rings is 3. The highest BCUT2D eigenvalue weighted by Gasteiger charge is 2.28. The summed E-state index contributed by atoms with van der Waals surface area (Å²) in [7, 11) is 0.129. The molecule has 156 valence electrons. The van der Waals surface area contributed by atoms with Gasteiger partial charge in [-0.25, -0.2) is 8.78 Å². The van der Waals surface area contributed by atoms with Crippen molar-refractivity contribution in [3.63, 3.8) is 0 Å². The summed E-state index contributed by atoms with van der Waals surface area (Å²) in [6.07, 6.45) is 0.677. The zero-order chi connectivity index (χ0) is 21.6. The van der Waals surface area contributed by atoms with Gasteiger partial charge < -0.3 is 9.05 Å². The van der Waals surface area contributed by atoms with Gasteiger partial charge in [-0.3, -0.25) is 0 Å². The van der Waals surface area contributed by atoms with Gasteiger partial charge in [-0.15, -0.1) is 0 Å². The Labute approximate surface area is 180 Å². The van der Waals surface area contributed by atoms with E-state index >= 15 is 0 Å². The highest BCUT2D eigenvalue weighted by atomic mass is 31.1. The molecule has 0 aliphatic heterocycles. The van der Waals surface area contributed by atoms with Gasteiger partial charge in [-0.1, -0.05) is 49.9 Å². The molecule has 3 aromatic rings. The molecule has 30 heavy (non-hydrogen) atoms. The number of hydrogen-bond acceptors (Lipinski definition) is 2. The van der Waals surface area contributed by atoms with E-state index in [0.29, 0.717) is 17.7 Å². The van der Waals surface area contributed by atoms with Crippen molar-refractivity contribution < 1.29 is 17.8 Å². The van der Waals surface area contributed by atoms with Gasteiger partial charge in [0.15, 0.2) is 0 Å². The molecule has 3 unspecified atom stereocenters. The molecule has 0 fully saturated rings. The fraction of sp³-hybridized carbons (Fsp3) is 0.167. The molecule has 2 nitrogen and oxygen atoms in total. The van der Waals surface area contributed by atoms with Crippen LogP contribution in [0.2, 0.25) is 0 Å². The first-order valence-corrected chi connectivity index (χ1v) is 11.5. The second kappa shape index (κ2) is 10.2. The normalized spacial score (nSPS) is 13.6. The Kier molecular flexibility index (Phi) is 7.58. The van der Waals surface area contributed by atoms with Crippen LogP contribution in [-0.2, 0) is 5.16 Å². The lowest BCUT2D eigenvalue weighted by atomic mass is 9.97. The number of rotatable bonds is 9. The minimum absolute atomic E-state index is 0.0257. The van der Waals surface area contributed by atoms with Crippen molar-refractivity contribution in [2.75, 3.05) is 0 Å². The number of halogens is 2. The molecule has 3 atom stereocenters. The van der Waals surface area contributed by atoms with Crippen LogP contribution < -0.4 is 9.05 Å². The van der Waals surface area contributed by atoms with E-state index < -0.39 is 16.8 Å². The number of para-hydroxylation sites is 2. The van der Waals surface area contributed by atoms with E-state index in [9.17, 15) is 8.78 Å². The largest absolute Gasteiger partial charge is 0.476 e.